The topological polar surface area (TPSA) is 91.8 Å². The van der Waals surface area contributed by atoms with E-state index in [0.717, 1.165) is 6.42 Å². The quantitative estimate of drug-likeness (QED) is 0.903. The highest BCUT2D eigenvalue weighted by atomic mass is 32.2. The van der Waals surface area contributed by atoms with E-state index in [1.165, 1.54) is 29.2 Å². The molecule has 1 amide bonds. The highest BCUT2D eigenvalue weighted by Crippen LogP contribution is 2.25. The molecule has 6 nitrogen and oxygen atoms in total. The SMILES string of the molecule is CCS(=O)(=O)c1ccc(C(=O)N2CCC(C)CC2C(=O)O)cc1. The summed E-state index contributed by atoms with van der Waals surface area (Å²) in [4.78, 5) is 25.5. The van der Waals surface area contributed by atoms with Gasteiger partial charge < -0.3 is 10.0 Å². The zero-order valence-electron chi connectivity index (χ0n) is 13.2. The first-order valence-electron chi connectivity index (χ1n) is 7.63. The lowest BCUT2D eigenvalue weighted by Crippen LogP contribution is -2.49. The predicted molar refractivity (Wildman–Crippen MR) is 85.0 cm³/mol. The van der Waals surface area contributed by atoms with Crippen molar-refractivity contribution in [1.29, 1.82) is 0 Å². The summed E-state index contributed by atoms with van der Waals surface area (Å²) in [7, 11) is -3.32. The van der Waals surface area contributed by atoms with Crippen LogP contribution < -0.4 is 0 Å². The van der Waals surface area contributed by atoms with Crippen LogP contribution in [0.15, 0.2) is 29.2 Å². The average Bonchev–Trinajstić information content (AvgIpc) is 2.54. The van der Waals surface area contributed by atoms with Crippen LogP contribution in [-0.4, -0.2) is 48.6 Å². The molecule has 7 heteroatoms. The van der Waals surface area contributed by atoms with Crippen LogP contribution in [0.3, 0.4) is 0 Å². The molecule has 23 heavy (non-hydrogen) atoms. The Kier molecular flexibility index (Phi) is 5.09. The van der Waals surface area contributed by atoms with Crippen molar-refractivity contribution in [2.24, 2.45) is 5.92 Å². The molecule has 1 heterocycles. The Hall–Kier alpha value is -1.89. The number of hydrogen-bond acceptors (Lipinski definition) is 4. The Morgan fingerprint density at radius 1 is 1.26 bits per heavy atom. The first-order valence-corrected chi connectivity index (χ1v) is 9.28. The Morgan fingerprint density at radius 2 is 1.87 bits per heavy atom. The van der Waals surface area contributed by atoms with E-state index in [4.69, 9.17) is 0 Å². The van der Waals surface area contributed by atoms with Gasteiger partial charge >= 0.3 is 5.97 Å². The average molecular weight is 339 g/mol. The molecule has 1 aromatic carbocycles. The number of carboxylic acids is 1. The first kappa shape index (κ1) is 17.5. The van der Waals surface area contributed by atoms with Gasteiger partial charge in [-0.05, 0) is 43.0 Å². The smallest absolute Gasteiger partial charge is 0.326 e. The lowest BCUT2D eigenvalue weighted by Gasteiger charge is -2.36. The van der Waals surface area contributed by atoms with E-state index in [9.17, 15) is 23.1 Å². The molecular formula is C16H21NO5S. The predicted octanol–water partition coefficient (Wildman–Crippen LogP) is 1.81. The second-order valence-electron chi connectivity index (χ2n) is 5.91. The van der Waals surface area contributed by atoms with Crippen LogP contribution in [0.25, 0.3) is 0 Å². The number of rotatable bonds is 4. The van der Waals surface area contributed by atoms with Gasteiger partial charge in [0.1, 0.15) is 6.04 Å². The van der Waals surface area contributed by atoms with Crippen molar-refractivity contribution in [2.75, 3.05) is 12.3 Å². The van der Waals surface area contributed by atoms with Crippen LogP contribution in [-0.2, 0) is 14.6 Å². The molecular weight excluding hydrogens is 318 g/mol. The maximum absolute atomic E-state index is 12.6. The molecule has 1 aromatic rings. The van der Waals surface area contributed by atoms with Gasteiger partial charge in [0.05, 0.1) is 10.6 Å². The van der Waals surface area contributed by atoms with Crippen molar-refractivity contribution in [1.82, 2.24) is 4.90 Å². The highest BCUT2D eigenvalue weighted by Gasteiger charge is 2.35. The summed E-state index contributed by atoms with van der Waals surface area (Å²) >= 11 is 0. The molecule has 1 fully saturated rings. The summed E-state index contributed by atoms with van der Waals surface area (Å²) < 4.78 is 23.6. The van der Waals surface area contributed by atoms with E-state index in [-0.39, 0.29) is 22.5 Å². The molecule has 2 rings (SSSR count). The van der Waals surface area contributed by atoms with E-state index in [0.29, 0.717) is 18.5 Å². The molecule has 126 valence electrons. The molecule has 0 spiro atoms. The van der Waals surface area contributed by atoms with E-state index >= 15 is 0 Å². The number of carboxylic acid groups (broad SMARTS) is 1. The van der Waals surface area contributed by atoms with Gasteiger partial charge in [0.15, 0.2) is 9.84 Å². The molecule has 0 bridgehead atoms. The van der Waals surface area contributed by atoms with Gasteiger partial charge in [-0.3, -0.25) is 4.79 Å². The van der Waals surface area contributed by atoms with Crippen LogP contribution in [0.1, 0.15) is 37.0 Å². The number of carbonyl (C=O) groups excluding carboxylic acids is 1. The largest absolute Gasteiger partial charge is 0.480 e. The minimum absolute atomic E-state index is 0.00854. The molecule has 1 N–H and O–H groups in total. The summed E-state index contributed by atoms with van der Waals surface area (Å²) in [6, 6.07) is 4.86. The lowest BCUT2D eigenvalue weighted by molar-refractivity contribution is -0.144. The van der Waals surface area contributed by atoms with Crippen LogP contribution in [0.4, 0.5) is 0 Å². The van der Waals surface area contributed by atoms with Crippen molar-refractivity contribution in [3.05, 3.63) is 29.8 Å². The number of hydrogen-bond donors (Lipinski definition) is 1. The molecule has 1 aliphatic rings. The number of sulfone groups is 1. The van der Waals surface area contributed by atoms with Crippen molar-refractivity contribution >= 4 is 21.7 Å². The number of carbonyl (C=O) groups is 2. The fourth-order valence-corrected chi connectivity index (χ4v) is 3.64. The van der Waals surface area contributed by atoms with E-state index in [1.807, 2.05) is 6.92 Å². The summed E-state index contributed by atoms with van der Waals surface area (Å²) in [6.45, 7) is 3.93. The second-order valence-corrected chi connectivity index (χ2v) is 8.19. The first-order chi connectivity index (χ1) is 10.8. The monoisotopic (exact) mass is 339 g/mol. The highest BCUT2D eigenvalue weighted by molar-refractivity contribution is 7.91. The van der Waals surface area contributed by atoms with Crippen molar-refractivity contribution in [3.63, 3.8) is 0 Å². The molecule has 0 radical (unpaired) electrons. The molecule has 0 aliphatic carbocycles. The molecule has 1 aliphatic heterocycles. The van der Waals surface area contributed by atoms with E-state index < -0.39 is 21.8 Å². The van der Waals surface area contributed by atoms with Gasteiger partial charge in [-0.1, -0.05) is 13.8 Å². The van der Waals surface area contributed by atoms with Crippen LogP contribution >= 0.6 is 0 Å². The summed E-state index contributed by atoms with van der Waals surface area (Å²) in [5, 5.41) is 9.33. The Balaban J connectivity index is 2.24. The summed E-state index contributed by atoms with van der Waals surface area (Å²) in [6.07, 6.45) is 1.20. The van der Waals surface area contributed by atoms with Crippen LogP contribution in [0.2, 0.25) is 0 Å². The van der Waals surface area contributed by atoms with Crippen LogP contribution in [0, 0.1) is 5.92 Å². The third kappa shape index (κ3) is 3.72. The van der Waals surface area contributed by atoms with Gasteiger partial charge in [0, 0.05) is 12.1 Å². The molecule has 2 unspecified atom stereocenters. The van der Waals surface area contributed by atoms with Gasteiger partial charge in [0.2, 0.25) is 0 Å². The maximum Gasteiger partial charge on any atom is 0.326 e. The van der Waals surface area contributed by atoms with Crippen LogP contribution in [0.5, 0.6) is 0 Å². The fourth-order valence-electron chi connectivity index (χ4n) is 2.76. The van der Waals surface area contributed by atoms with Gasteiger partial charge in [-0.25, -0.2) is 13.2 Å². The number of nitrogens with zero attached hydrogens (tertiary/aromatic N) is 1. The standard InChI is InChI=1S/C16H21NO5S/c1-3-23(21,22)13-6-4-12(5-7-13)15(18)17-9-8-11(2)10-14(17)16(19)20/h4-7,11,14H,3,8-10H2,1-2H3,(H,19,20). The Labute approximate surface area is 136 Å². The Morgan fingerprint density at radius 3 is 2.39 bits per heavy atom. The molecule has 2 atom stereocenters. The normalized spacial score (nSPS) is 21.9. The minimum Gasteiger partial charge on any atom is -0.480 e. The lowest BCUT2D eigenvalue weighted by atomic mass is 9.92. The maximum atomic E-state index is 12.6. The third-order valence-corrected chi connectivity index (χ3v) is 6.00. The second kappa shape index (κ2) is 6.70. The number of likely N-dealkylation sites (tertiary alicyclic amines) is 1. The number of benzene rings is 1. The van der Waals surface area contributed by atoms with Gasteiger partial charge in [0.25, 0.3) is 5.91 Å². The van der Waals surface area contributed by atoms with Crippen molar-refractivity contribution < 1.29 is 23.1 Å². The zero-order chi connectivity index (χ0) is 17.2. The van der Waals surface area contributed by atoms with E-state index in [1.54, 1.807) is 6.92 Å². The van der Waals surface area contributed by atoms with E-state index in [2.05, 4.69) is 0 Å². The summed E-state index contributed by atoms with van der Waals surface area (Å²) in [5.41, 5.74) is 0.306. The number of piperidine rings is 1. The van der Waals surface area contributed by atoms with Gasteiger partial charge in [-0.2, -0.15) is 0 Å². The van der Waals surface area contributed by atoms with Crippen molar-refractivity contribution in [2.45, 2.75) is 37.6 Å². The molecule has 0 saturated carbocycles. The molecule has 0 aromatic heterocycles. The fraction of sp³-hybridized carbons (Fsp3) is 0.500. The Bertz CT molecular complexity index is 696. The molecule has 1 saturated heterocycles. The summed E-state index contributed by atoms with van der Waals surface area (Å²) in [5.74, 6) is -1.12. The van der Waals surface area contributed by atoms with Gasteiger partial charge in [-0.15, -0.1) is 0 Å². The third-order valence-electron chi connectivity index (χ3n) is 4.25. The minimum atomic E-state index is -3.32. The zero-order valence-corrected chi connectivity index (χ0v) is 14.0. The van der Waals surface area contributed by atoms with Crippen molar-refractivity contribution in [3.8, 4) is 0 Å². The number of aliphatic carboxylic acids is 1. The number of amides is 1.